The van der Waals surface area contributed by atoms with Gasteiger partial charge in [0.2, 0.25) is 0 Å². The highest BCUT2D eigenvalue weighted by Gasteiger charge is 2.07. The summed E-state index contributed by atoms with van der Waals surface area (Å²) in [5, 5.41) is 55.3. The van der Waals surface area contributed by atoms with Crippen molar-refractivity contribution in [3.8, 4) is 0 Å². The van der Waals surface area contributed by atoms with Crippen LogP contribution in [0.2, 0.25) is 0 Å². The van der Waals surface area contributed by atoms with Gasteiger partial charge in [0, 0.05) is 282 Å². The molecular formula is C43H117N25O. The molecule has 4 heterocycles. The van der Waals surface area contributed by atoms with Gasteiger partial charge in [-0.05, 0) is 0 Å². The Morgan fingerprint density at radius 2 is 0.493 bits per heavy atom. The van der Waals surface area contributed by atoms with E-state index < -0.39 is 0 Å². The average molecular weight is 1000 g/mol. The third kappa shape index (κ3) is 69.1. The fourth-order valence-corrected chi connectivity index (χ4v) is 6.07. The number of rotatable bonds is 33. The molecule has 69 heavy (non-hydrogen) atoms. The highest BCUT2D eigenvalue weighted by atomic mass is 16.5. The van der Waals surface area contributed by atoms with Crippen LogP contribution in [0.5, 0.6) is 0 Å². The number of hydrogen-bond acceptors (Lipinski definition) is 26. The molecule has 0 unspecified atom stereocenters. The molecule has 0 saturated carbocycles. The lowest BCUT2D eigenvalue weighted by molar-refractivity contribution is -0.0976. The molecule has 4 aliphatic heterocycles. The standard InChI is InChI=1S/C10H28N6.C8H23N5.C6H18N4.C6H15N3.C5H13N3.C4H10N2O.C4H10N2/c11-1-3-13-5-7-15-9-10-16-8-6-14-4-2-12;9-1-3-11-5-7-13-8-6-12-4-2-10;7-1-3-9-5-6-10-4-2-8;7-1-4-9-5-2-8-3-6-9;6-5-8-3-1-7-2-4-8;7-6-3-1-5-2-4-6;1-2-6-4-3-5-1/h13-16H,1-12H2;11-13H,1-10H2;9-10H,1-8H2;8H,1-7H2;7H,1-6H2;5,7H,1-4H2;5-6H,1-4H2. The molecule has 0 radical (unpaired) electrons. The largest absolute Gasteiger partial charge is 0.329 e. The van der Waals surface area contributed by atoms with E-state index in [1.165, 1.54) is 5.06 Å². The normalized spacial score (nSPS) is 16.3. The van der Waals surface area contributed by atoms with Crippen LogP contribution in [0.3, 0.4) is 0 Å². The molecule has 0 aromatic heterocycles. The van der Waals surface area contributed by atoms with E-state index >= 15 is 0 Å². The molecule has 4 rings (SSSR count). The molecule has 31 N–H and O–H groups in total. The predicted molar refractivity (Wildman–Crippen MR) is 294 cm³/mol. The maximum Gasteiger partial charge on any atom is 0.0456 e. The smallest absolute Gasteiger partial charge is 0.0456 e. The lowest BCUT2D eigenvalue weighted by atomic mass is 10.3. The lowest BCUT2D eigenvalue weighted by Gasteiger charge is -2.26. The van der Waals surface area contributed by atoms with Crippen molar-refractivity contribution >= 4 is 0 Å². The molecule has 0 amide bonds. The summed E-state index contributed by atoms with van der Waals surface area (Å²) in [7, 11) is 0. The summed E-state index contributed by atoms with van der Waals surface area (Å²) in [4.78, 5) is 4.62. The molecule has 0 aromatic carbocycles. The number of nitrogens with two attached hydrogens (primary N) is 8. The first-order chi connectivity index (χ1) is 34.0. The minimum absolute atomic E-state index is 0.705. The Kier molecular flexibility index (Phi) is 72.2. The van der Waals surface area contributed by atoms with Crippen molar-refractivity contribution in [1.82, 2.24) is 89.3 Å². The Morgan fingerprint density at radius 1 is 0.275 bits per heavy atom. The molecule has 0 bridgehead atoms. The maximum absolute atomic E-state index is 8.70. The minimum Gasteiger partial charge on any atom is -0.329 e. The molecule has 0 aliphatic carbocycles. The summed E-state index contributed by atoms with van der Waals surface area (Å²) in [5.41, 5.74) is 42.7. The van der Waals surface area contributed by atoms with Gasteiger partial charge in [0.05, 0.1) is 0 Å². The summed E-state index contributed by atoms with van der Waals surface area (Å²) >= 11 is 0. The van der Waals surface area contributed by atoms with E-state index in [9.17, 15) is 0 Å². The highest BCUT2D eigenvalue weighted by Crippen LogP contribution is 1.88. The minimum atomic E-state index is 0.705. The zero-order chi connectivity index (χ0) is 51.0. The summed E-state index contributed by atoms with van der Waals surface area (Å²) in [6.07, 6.45) is 0. The van der Waals surface area contributed by atoms with Gasteiger partial charge in [-0.15, -0.1) is 0 Å². The van der Waals surface area contributed by atoms with Gasteiger partial charge in [-0.1, -0.05) is 0 Å². The topological polar surface area (TPSA) is 407 Å². The second-order valence-electron chi connectivity index (χ2n) is 16.1. The average Bonchev–Trinajstić information content (AvgIpc) is 3.40. The summed E-state index contributed by atoms with van der Waals surface area (Å²) in [6, 6.07) is 0. The van der Waals surface area contributed by atoms with Crippen LogP contribution in [-0.4, -0.2) is 302 Å². The van der Waals surface area contributed by atoms with Crippen molar-refractivity contribution in [2.45, 2.75) is 0 Å². The van der Waals surface area contributed by atoms with Gasteiger partial charge in [-0.3, -0.25) is 9.80 Å². The quantitative estimate of drug-likeness (QED) is 0.0271. The molecule has 26 nitrogen and oxygen atoms in total. The number of nitrogens with zero attached hydrogens (tertiary/aromatic N) is 3. The number of hydroxylamine groups is 2. The van der Waals surface area contributed by atoms with Gasteiger partial charge in [0.15, 0.2) is 0 Å². The van der Waals surface area contributed by atoms with Gasteiger partial charge in [0.25, 0.3) is 0 Å². The van der Waals surface area contributed by atoms with Crippen LogP contribution >= 0.6 is 0 Å². The molecule has 26 heteroatoms. The van der Waals surface area contributed by atoms with Crippen molar-refractivity contribution in [2.24, 2.45) is 45.9 Å². The van der Waals surface area contributed by atoms with Crippen LogP contribution in [0.1, 0.15) is 0 Å². The molecular weight excluding hydrogens is 883 g/mol. The zero-order valence-electron chi connectivity index (χ0n) is 43.8. The Bertz CT molecular complexity index is 802. The highest BCUT2D eigenvalue weighted by molar-refractivity contribution is 4.67. The number of hydrogen-bond donors (Lipinski definition) is 23. The predicted octanol–water partition coefficient (Wildman–Crippen LogP) is -10.9. The molecule has 4 saturated heterocycles. The van der Waals surface area contributed by atoms with Crippen LogP contribution in [0, 0.1) is 0 Å². The zero-order valence-corrected chi connectivity index (χ0v) is 43.8. The van der Waals surface area contributed by atoms with E-state index in [4.69, 9.17) is 51.1 Å². The molecule has 4 aliphatic rings. The maximum atomic E-state index is 8.70. The van der Waals surface area contributed by atoms with Crippen LogP contribution in [0.15, 0.2) is 0 Å². The van der Waals surface area contributed by atoms with Crippen molar-refractivity contribution in [3.63, 3.8) is 0 Å². The van der Waals surface area contributed by atoms with E-state index in [-0.39, 0.29) is 0 Å². The van der Waals surface area contributed by atoms with Crippen molar-refractivity contribution in [2.75, 3.05) is 282 Å². The Morgan fingerprint density at radius 3 is 0.667 bits per heavy atom. The van der Waals surface area contributed by atoms with E-state index in [0.717, 1.165) is 236 Å². The Hall–Kier alpha value is -1.04. The van der Waals surface area contributed by atoms with Crippen molar-refractivity contribution < 1.29 is 5.21 Å². The Balaban J connectivity index is -0.000000752. The molecule has 0 atom stereocenters. The van der Waals surface area contributed by atoms with E-state index in [1.807, 2.05) is 0 Å². The second-order valence-corrected chi connectivity index (χ2v) is 16.1. The molecule has 0 aromatic rings. The summed E-state index contributed by atoms with van der Waals surface area (Å²) < 4.78 is 0. The van der Waals surface area contributed by atoms with Crippen molar-refractivity contribution in [3.05, 3.63) is 0 Å². The monoisotopic (exact) mass is 1000 g/mol. The van der Waals surface area contributed by atoms with Gasteiger partial charge in [-0.2, -0.15) is 5.06 Å². The number of piperazine rings is 4. The van der Waals surface area contributed by atoms with Gasteiger partial charge in [0.1, 0.15) is 0 Å². The lowest BCUT2D eigenvalue weighted by Crippen LogP contribution is -2.45. The molecule has 420 valence electrons. The van der Waals surface area contributed by atoms with Crippen LogP contribution in [-0.2, 0) is 0 Å². The van der Waals surface area contributed by atoms with Crippen LogP contribution < -0.4 is 120 Å². The SMILES string of the molecule is C1CNCCN1.NCCN1CCNCC1.NCCNCCNCCN.NCCNCCNCCNCCN.NCCNCCNCCNCCNCCN.NCN1CCNCC1.ON1CCNCC1. The summed E-state index contributed by atoms with van der Waals surface area (Å²) in [6.45, 7) is 40.9. The van der Waals surface area contributed by atoms with Gasteiger partial charge >= 0.3 is 0 Å². The van der Waals surface area contributed by atoms with E-state index in [2.05, 4.69) is 84.2 Å². The fraction of sp³-hybridized carbons (Fsp3) is 1.00. The first kappa shape index (κ1) is 72.2. The van der Waals surface area contributed by atoms with Gasteiger partial charge in [-0.25, -0.2) is 0 Å². The van der Waals surface area contributed by atoms with Crippen LogP contribution in [0.25, 0.3) is 0 Å². The Labute approximate surface area is 421 Å². The summed E-state index contributed by atoms with van der Waals surface area (Å²) in [5.74, 6) is 0. The molecule has 4 fully saturated rings. The third-order valence-electron chi connectivity index (χ3n) is 9.97. The van der Waals surface area contributed by atoms with E-state index in [1.54, 1.807) is 0 Å². The van der Waals surface area contributed by atoms with E-state index in [0.29, 0.717) is 45.9 Å². The second kappa shape index (κ2) is 69.0. The number of nitrogens with one attached hydrogen (secondary N) is 14. The van der Waals surface area contributed by atoms with Gasteiger partial charge < -0.3 is 126 Å². The molecule has 0 spiro atoms. The first-order valence-corrected chi connectivity index (χ1v) is 26.4. The van der Waals surface area contributed by atoms with Crippen LogP contribution in [0.4, 0.5) is 0 Å². The van der Waals surface area contributed by atoms with Crippen molar-refractivity contribution in [1.29, 1.82) is 0 Å². The first-order valence-electron chi connectivity index (χ1n) is 26.4. The fourth-order valence-electron chi connectivity index (χ4n) is 6.07. The third-order valence-corrected chi connectivity index (χ3v) is 9.97.